The third-order valence-corrected chi connectivity index (χ3v) is 5.00. The second-order valence-electron chi connectivity index (χ2n) is 6.82. The molecule has 2 aliphatic heterocycles. The van der Waals surface area contributed by atoms with E-state index in [-0.39, 0.29) is 22.9 Å². The molecular weight excluding hydrogens is 282 g/mol. The molecule has 0 N–H and O–H groups in total. The molecule has 22 heavy (non-hydrogen) atoms. The molecule has 1 aromatic carbocycles. The van der Waals surface area contributed by atoms with Crippen LogP contribution in [-0.2, 0) is 4.79 Å². The van der Waals surface area contributed by atoms with Gasteiger partial charge in [-0.25, -0.2) is 23.5 Å². The smallest absolute Gasteiger partial charge is 0.297 e. The van der Waals surface area contributed by atoms with Crippen LogP contribution in [0.15, 0.2) is 39.9 Å². The minimum Gasteiger partial charge on any atom is -0.297 e. The second kappa shape index (κ2) is 4.09. The zero-order valence-corrected chi connectivity index (χ0v) is 12.5. The van der Waals surface area contributed by atoms with Crippen LogP contribution in [0.1, 0.15) is 38.8 Å². The first-order valence-electron chi connectivity index (χ1n) is 7.46. The molecule has 2 aromatic rings. The number of carbonyl (C=O) groups excluding carboxylic acids is 1. The summed E-state index contributed by atoms with van der Waals surface area (Å²) in [6, 6.07) is 8.08. The Bertz CT molecular complexity index is 886. The molecule has 1 aromatic heterocycles. The van der Waals surface area contributed by atoms with Gasteiger partial charge in [-0.15, -0.1) is 0 Å². The highest BCUT2D eigenvalue weighted by molar-refractivity contribution is 5.84. The number of benzene rings is 1. The predicted octanol–water partition coefficient (Wildman–Crippen LogP) is 1.29. The lowest BCUT2D eigenvalue weighted by molar-refractivity contribution is -0.135. The van der Waals surface area contributed by atoms with Crippen LogP contribution < -0.4 is 11.4 Å². The number of para-hydroxylation sites is 1. The monoisotopic (exact) mass is 299 g/mol. The maximum Gasteiger partial charge on any atom is 0.352 e. The molecule has 0 saturated heterocycles. The summed E-state index contributed by atoms with van der Waals surface area (Å²) in [6.07, 6.45) is 0.935. The molecule has 1 aliphatic carbocycles. The summed E-state index contributed by atoms with van der Waals surface area (Å²) < 4.78 is 4.04. The van der Waals surface area contributed by atoms with Crippen LogP contribution in [0, 0.1) is 5.41 Å². The highest BCUT2D eigenvalue weighted by atomic mass is 16.2. The number of carbonyl (C=O) groups is 1. The van der Waals surface area contributed by atoms with Crippen LogP contribution >= 0.6 is 0 Å². The third-order valence-electron chi connectivity index (χ3n) is 5.00. The summed E-state index contributed by atoms with van der Waals surface area (Å²) in [5.74, 6) is 0.0524. The zero-order chi connectivity index (χ0) is 15.6. The van der Waals surface area contributed by atoms with Gasteiger partial charge in [-0.3, -0.25) is 4.79 Å². The molecule has 1 saturated carbocycles. The first kappa shape index (κ1) is 13.3. The normalized spacial score (nSPS) is 25.3. The van der Waals surface area contributed by atoms with Crippen molar-refractivity contribution in [1.82, 2.24) is 13.9 Å². The summed E-state index contributed by atoms with van der Waals surface area (Å²) in [6.45, 7) is 4.11. The number of hydrogen-bond donors (Lipinski definition) is 0. The Kier molecular flexibility index (Phi) is 2.47. The van der Waals surface area contributed by atoms with E-state index < -0.39 is 11.7 Å². The maximum absolute atomic E-state index is 12.8. The Morgan fingerprint density at radius 1 is 1.00 bits per heavy atom. The van der Waals surface area contributed by atoms with Crippen LogP contribution in [-0.4, -0.2) is 19.7 Å². The molecule has 5 rings (SSSR count). The number of fused-ring (bicyclic) bond motifs is 2. The van der Waals surface area contributed by atoms with Crippen molar-refractivity contribution in [2.24, 2.45) is 5.41 Å². The van der Waals surface area contributed by atoms with Crippen molar-refractivity contribution in [1.29, 1.82) is 0 Å². The van der Waals surface area contributed by atoms with Gasteiger partial charge in [-0.1, -0.05) is 32.0 Å². The average molecular weight is 299 g/mol. The van der Waals surface area contributed by atoms with E-state index in [4.69, 9.17) is 0 Å². The molecule has 3 aliphatic rings. The summed E-state index contributed by atoms with van der Waals surface area (Å²) in [4.78, 5) is 37.8. The molecule has 0 spiro atoms. The van der Waals surface area contributed by atoms with Gasteiger partial charge >= 0.3 is 11.4 Å². The van der Waals surface area contributed by atoms with Crippen molar-refractivity contribution in [2.45, 2.75) is 38.8 Å². The van der Waals surface area contributed by atoms with E-state index in [0.717, 1.165) is 0 Å². The lowest BCUT2D eigenvalue weighted by Gasteiger charge is -2.47. The van der Waals surface area contributed by atoms with Crippen molar-refractivity contribution in [3.63, 3.8) is 0 Å². The molecule has 1 fully saturated rings. The van der Waals surface area contributed by atoms with Crippen molar-refractivity contribution < 1.29 is 4.79 Å². The van der Waals surface area contributed by atoms with Gasteiger partial charge in [0.2, 0.25) is 0 Å². The molecule has 0 radical (unpaired) electrons. The first-order chi connectivity index (χ1) is 10.4. The Balaban J connectivity index is 2.05. The summed E-state index contributed by atoms with van der Waals surface area (Å²) >= 11 is 0. The minimum atomic E-state index is -0.523. The van der Waals surface area contributed by atoms with Crippen molar-refractivity contribution >= 4 is 5.78 Å². The Morgan fingerprint density at radius 2 is 1.64 bits per heavy atom. The first-order valence-corrected chi connectivity index (χ1v) is 7.46. The van der Waals surface area contributed by atoms with Crippen LogP contribution in [0.2, 0.25) is 0 Å². The van der Waals surface area contributed by atoms with Gasteiger partial charge in [0.25, 0.3) is 0 Å². The van der Waals surface area contributed by atoms with Crippen LogP contribution in [0.5, 0.6) is 0 Å². The molecule has 2 atom stereocenters. The maximum atomic E-state index is 12.8. The Hall–Kier alpha value is -2.37. The number of nitrogens with zero attached hydrogens (tertiary/aromatic N) is 3. The molecule has 0 amide bonds. The van der Waals surface area contributed by atoms with E-state index in [0.29, 0.717) is 18.5 Å². The van der Waals surface area contributed by atoms with E-state index in [1.807, 2.05) is 6.07 Å². The van der Waals surface area contributed by atoms with Gasteiger partial charge in [0, 0.05) is 6.42 Å². The number of aromatic nitrogens is 3. The Labute approximate surface area is 126 Å². The van der Waals surface area contributed by atoms with E-state index in [2.05, 4.69) is 13.8 Å². The van der Waals surface area contributed by atoms with Gasteiger partial charge in [0.05, 0.1) is 11.7 Å². The summed E-state index contributed by atoms with van der Waals surface area (Å²) in [5, 5.41) is 0. The fraction of sp³-hybridized carbons (Fsp3) is 0.438. The van der Waals surface area contributed by atoms with Gasteiger partial charge < -0.3 is 0 Å². The molecule has 6 nitrogen and oxygen atoms in total. The number of rotatable bonds is 1. The topological polar surface area (TPSA) is 66.0 Å². The molecule has 2 bridgehead atoms. The van der Waals surface area contributed by atoms with Gasteiger partial charge in [0.1, 0.15) is 6.04 Å². The molecule has 3 heterocycles. The molecule has 6 heteroatoms. The number of ketones is 1. The predicted molar refractivity (Wildman–Crippen MR) is 80.4 cm³/mol. The third kappa shape index (κ3) is 1.52. The molecular formula is C16H17N3O3. The minimum absolute atomic E-state index is 0.0524. The zero-order valence-electron chi connectivity index (χ0n) is 12.5. The van der Waals surface area contributed by atoms with Crippen LogP contribution in [0.4, 0.5) is 0 Å². The lowest BCUT2D eigenvalue weighted by Crippen LogP contribution is -2.53. The largest absolute Gasteiger partial charge is 0.352 e. The van der Waals surface area contributed by atoms with E-state index in [1.165, 1.54) is 13.9 Å². The van der Waals surface area contributed by atoms with Gasteiger partial charge in [-0.05, 0) is 24.0 Å². The van der Waals surface area contributed by atoms with E-state index in [9.17, 15) is 14.4 Å². The molecule has 114 valence electrons. The highest BCUT2D eigenvalue weighted by Gasteiger charge is 2.51. The van der Waals surface area contributed by atoms with E-state index in [1.54, 1.807) is 24.3 Å². The number of hydrogen-bond acceptors (Lipinski definition) is 3. The standard InChI is InChI=1S/C16H17N3O3/c1-16(2)9-11-12(20)8-13(16)19-15(22)17(14(21)18(11)19)10-6-4-3-5-7-10/h3-7,11,13H,8-9H2,1-2H3. The lowest BCUT2D eigenvalue weighted by atomic mass is 9.69. The summed E-state index contributed by atoms with van der Waals surface area (Å²) in [5.41, 5.74) is -0.407. The van der Waals surface area contributed by atoms with Crippen molar-refractivity contribution in [3.8, 4) is 5.69 Å². The second-order valence-corrected chi connectivity index (χ2v) is 6.82. The fourth-order valence-electron chi connectivity index (χ4n) is 3.83. The fourth-order valence-corrected chi connectivity index (χ4v) is 3.83. The van der Waals surface area contributed by atoms with Crippen LogP contribution in [0.25, 0.3) is 5.69 Å². The van der Waals surface area contributed by atoms with Crippen molar-refractivity contribution in [3.05, 3.63) is 51.3 Å². The quantitative estimate of drug-likeness (QED) is 0.797. The van der Waals surface area contributed by atoms with E-state index >= 15 is 0 Å². The SMILES string of the molecule is CC1(C)CC2C(=O)CC1n1c(=O)n(-c3ccccc3)c(=O)n12. The highest BCUT2D eigenvalue weighted by Crippen LogP contribution is 2.49. The van der Waals surface area contributed by atoms with Crippen molar-refractivity contribution in [2.75, 3.05) is 0 Å². The molecule has 2 unspecified atom stereocenters. The number of Topliss-reactive ketones (excluding diaryl/α,β-unsaturated/α-hetero) is 1. The average Bonchev–Trinajstić information content (AvgIpc) is 2.74. The van der Waals surface area contributed by atoms with Crippen LogP contribution in [0.3, 0.4) is 0 Å². The summed E-state index contributed by atoms with van der Waals surface area (Å²) in [7, 11) is 0. The Morgan fingerprint density at radius 3 is 2.32 bits per heavy atom. The van der Waals surface area contributed by atoms with Gasteiger partial charge in [-0.2, -0.15) is 0 Å². The van der Waals surface area contributed by atoms with Gasteiger partial charge in [0.15, 0.2) is 5.78 Å².